The third-order valence-corrected chi connectivity index (χ3v) is 3.90. The lowest BCUT2D eigenvalue weighted by atomic mass is 10.2. The molecule has 1 aromatic heterocycles. The van der Waals surface area contributed by atoms with Crippen LogP contribution in [0.4, 0.5) is 5.13 Å². The van der Waals surface area contributed by atoms with E-state index in [9.17, 15) is 4.79 Å². The maximum atomic E-state index is 11.5. The number of halogens is 2. The lowest BCUT2D eigenvalue weighted by Crippen LogP contribution is -2.19. The molecule has 1 N–H and O–H groups in total. The molecule has 0 aliphatic rings. The summed E-state index contributed by atoms with van der Waals surface area (Å²) in [5, 5.41) is 2.70. The van der Waals surface area contributed by atoms with Gasteiger partial charge in [-0.1, -0.05) is 11.3 Å². The number of nitrogens with zero attached hydrogens (tertiary/aromatic N) is 1. The number of thiazole rings is 1. The van der Waals surface area contributed by atoms with Gasteiger partial charge in [-0.25, -0.2) is 4.98 Å². The van der Waals surface area contributed by atoms with Crippen LogP contribution in [-0.4, -0.2) is 16.3 Å². The van der Waals surface area contributed by atoms with Crippen molar-refractivity contribution >= 4 is 60.1 Å². The molecule has 3 nitrogen and oxygen atoms in total. The van der Waals surface area contributed by atoms with Crippen molar-refractivity contribution < 1.29 is 4.79 Å². The van der Waals surface area contributed by atoms with Crippen molar-refractivity contribution in [3.8, 4) is 0 Å². The standard InChI is InChI=1S/C11H10BrClN2OS/c1-5-3-7(12)9-8(4-5)17-11(14-9)15-10(16)6(2)13/h3-4,6H,1-2H3,(H,14,15,16). The molecule has 0 bridgehead atoms. The molecule has 0 aliphatic carbocycles. The molecule has 0 fully saturated rings. The number of hydrogen-bond donors (Lipinski definition) is 1. The zero-order chi connectivity index (χ0) is 12.6. The molecule has 1 amide bonds. The molecule has 1 heterocycles. The van der Waals surface area contributed by atoms with Crippen molar-refractivity contribution in [2.24, 2.45) is 0 Å². The number of amides is 1. The molecule has 90 valence electrons. The largest absolute Gasteiger partial charge is 0.301 e. The second-order valence-electron chi connectivity index (χ2n) is 3.72. The van der Waals surface area contributed by atoms with Gasteiger partial charge in [0, 0.05) is 4.47 Å². The number of aryl methyl sites for hydroxylation is 1. The number of nitrogens with one attached hydrogen (secondary N) is 1. The zero-order valence-corrected chi connectivity index (χ0v) is 12.4. The number of alkyl halides is 1. The van der Waals surface area contributed by atoms with Gasteiger partial charge >= 0.3 is 0 Å². The monoisotopic (exact) mass is 332 g/mol. The van der Waals surface area contributed by atoms with Crippen LogP contribution < -0.4 is 5.32 Å². The Morgan fingerprint density at radius 2 is 2.29 bits per heavy atom. The Morgan fingerprint density at radius 3 is 2.94 bits per heavy atom. The van der Waals surface area contributed by atoms with Crippen molar-refractivity contribution in [3.05, 3.63) is 22.2 Å². The van der Waals surface area contributed by atoms with Gasteiger partial charge in [-0.15, -0.1) is 11.6 Å². The first kappa shape index (κ1) is 12.8. The van der Waals surface area contributed by atoms with E-state index < -0.39 is 5.38 Å². The molecule has 1 unspecified atom stereocenters. The first-order chi connectivity index (χ1) is 7.97. The fourth-order valence-electron chi connectivity index (χ4n) is 1.38. The second kappa shape index (κ2) is 4.92. The Morgan fingerprint density at radius 1 is 1.59 bits per heavy atom. The van der Waals surface area contributed by atoms with E-state index in [-0.39, 0.29) is 5.91 Å². The molecule has 2 rings (SSSR count). The van der Waals surface area contributed by atoms with Crippen LogP contribution in [0.1, 0.15) is 12.5 Å². The quantitative estimate of drug-likeness (QED) is 0.846. The lowest BCUT2D eigenvalue weighted by molar-refractivity contribution is -0.115. The van der Waals surface area contributed by atoms with Crippen LogP contribution in [0.15, 0.2) is 16.6 Å². The molecule has 0 aliphatic heterocycles. The van der Waals surface area contributed by atoms with Gasteiger partial charge in [0.2, 0.25) is 5.91 Å². The first-order valence-electron chi connectivity index (χ1n) is 4.99. The van der Waals surface area contributed by atoms with E-state index in [1.54, 1.807) is 6.92 Å². The molecule has 0 saturated carbocycles. The lowest BCUT2D eigenvalue weighted by Gasteiger charge is -2.01. The van der Waals surface area contributed by atoms with Crippen molar-refractivity contribution in [1.29, 1.82) is 0 Å². The summed E-state index contributed by atoms with van der Waals surface area (Å²) >= 11 is 10.6. The number of carbonyl (C=O) groups is 1. The molecular weight excluding hydrogens is 324 g/mol. The van der Waals surface area contributed by atoms with Gasteiger partial charge in [0.25, 0.3) is 0 Å². The minimum Gasteiger partial charge on any atom is -0.301 e. The van der Waals surface area contributed by atoms with E-state index in [0.717, 1.165) is 20.3 Å². The number of anilines is 1. The molecule has 0 spiro atoms. The third-order valence-electron chi connectivity index (χ3n) is 2.18. The first-order valence-corrected chi connectivity index (χ1v) is 7.03. The number of benzene rings is 1. The zero-order valence-electron chi connectivity index (χ0n) is 9.25. The van der Waals surface area contributed by atoms with Crippen LogP contribution in [0.3, 0.4) is 0 Å². The number of carbonyl (C=O) groups excluding carboxylic acids is 1. The van der Waals surface area contributed by atoms with Gasteiger partial charge in [-0.05, 0) is 47.5 Å². The highest BCUT2D eigenvalue weighted by atomic mass is 79.9. The van der Waals surface area contributed by atoms with Crippen molar-refractivity contribution in [2.75, 3.05) is 5.32 Å². The van der Waals surface area contributed by atoms with Gasteiger partial charge in [-0.2, -0.15) is 0 Å². The summed E-state index contributed by atoms with van der Waals surface area (Å²) in [7, 11) is 0. The normalized spacial score (nSPS) is 12.7. The SMILES string of the molecule is Cc1cc(Br)c2nc(NC(=O)C(C)Cl)sc2c1. The van der Waals surface area contributed by atoms with Crippen LogP contribution >= 0.6 is 38.9 Å². The number of aromatic nitrogens is 1. The summed E-state index contributed by atoms with van der Waals surface area (Å²) in [6, 6.07) is 4.04. The van der Waals surface area contributed by atoms with E-state index in [4.69, 9.17) is 11.6 Å². The van der Waals surface area contributed by atoms with Crippen molar-refractivity contribution in [3.63, 3.8) is 0 Å². The summed E-state index contributed by atoms with van der Waals surface area (Å²) in [5.41, 5.74) is 2.01. The summed E-state index contributed by atoms with van der Waals surface area (Å²) in [6.07, 6.45) is 0. The summed E-state index contributed by atoms with van der Waals surface area (Å²) in [4.78, 5) is 15.8. The van der Waals surface area contributed by atoms with Crippen molar-refractivity contribution in [1.82, 2.24) is 4.98 Å². The predicted octanol–water partition coefficient (Wildman–Crippen LogP) is 3.93. The summed E-state index contributed by atoms with van der Waals surface area (Å²) in [5.74, 6) is -0.237. The second-order valence-corrected chi connectivity index (χ2v) is 6.26. The Bertz CT molecular complexity index is 582. The molecule has 2 aromatic rings. The minimum absolute atomic E-state index is 0.237. The minimum atomic E-state index is -0.563. The van der Waals surface area contributed by atoms with E-state index >= 15 is 0 Å². The smallest absolute Gasteiger partial charge is 0.243 e. The fourth-order valence-corrected chi connectivity index (χ4v) is 3.22. The Labute approximate surface area is 116 Å². The highest BCUT2D eigenvalue weighted by Crippen LogP contribution is 2.32. The molecular formula is C11H10BrClN2OS. The van der Waals surface area contributed by atoms with Crippen LogP contribution in [0.25, 0.3) is 10.2 Å². The summed E-state index contributed by atoms with van der Waals surface area (Å²) in [6.45, 7) is 3.65. The Balaban J connectivity index is 2.38. The van der Waals surface area contributed by atoms with Gasteiger partial charge in [-0.3, -0.25) is 4.79 Å². The van der Waals surface area contributed by atoms with Crippen molar-refractivity contribution in [2.45, 2.75) is 19.2 Å². The van der Waals surface area contributed by atoms with E-state index in [2.05, 4.69) is 26.2 Å². The van der Waals surface area contributed by atoms with Crippen LogP contribution in [0.2, 0.25) is 0 Å². The highest BCUT2D eigenvalue weighted by molar-refractivity contribution is 9.10. The number of hydrogen-bond acceptors (Lipinski definition) is 3. The molecule has 6 heteroatoms. The average Bonchev–Trinajstić information content (AvgIpc) is 2.60. The molecule has 0 saturated heterocycles. The summed E-state index contributed by atoms with van der Waals surface area (Å²) < 4.78 is 1.97. The van der Waals surface area contributed by atoms with E-state index in [0.29, 0.717) is 5.13 Å². The van der Waals surface area contributed by atoms with E-state index in [1.165, 1.54) is 11.3 Å². The molecule has 0 radical (unpaired) electrons. The third kappa shape index (κ3) is 2.78. The van der Waals surface area contributed by atoms with Crippen LogP contribution in [0.5, 0.6) is 0 Å². The van der Waals surface area contributed by atoms with Gasteiger partial charge in [0.15, 0.2) is 5.13 Å². The fraction of sp³-hybridized carbons (Fsp3) is 0.273. The number of fused-ring (bicyclic) bond motifs is 1. The number of rotatable bonds is 2. The van der Waals surface area contributed by atoms with Gasteiger partial charge in [0.05, 0.1) is 10.2 Å². The van der Waals surface area contributed by atoms with Crippen LogP contribution in [-0.2, 0) is 4.79 Å². The Kier molecular flexibility index (Phi) is 3.70. The topological polar surface area (TPSA) is 42.0 Å². The Hall–Kier alpha value is -0.650. The van der Waals surface area contributed by atoms with Gasteiger partial charge < -0.3 is 5.32 Å². The van der Waals surface area contributed by atoms with E-state index in [1.807, 2.05) is 19.1 Å². The predicted molar refractivity (Wildman–Crippen MR) is 76.0 cm³/mol. The molecule has 17 heavy (non-hydrogen) atoms. The molecule has 1 aromatic carbocycles. The maximum absolute atomic E-state index is 11.5. The van der Waals surface area contributed by atoms with Crippen LogP contribution in [0, 0.1) is 6.92 Å². The highest BCUT2D eigenvalue weighted by Gasteiger charge is 2.13. The maximum Gasteiger partial charge on any atom is 0.243 e. The average molecular weight is 334 g/mol. The molecule has 1 atom stereocenters. The van der Waals surface area contributed by atoms with Gasteiger partial charge in [0.1, 0.15) is 5.38 Å².